The zero-order valence-electron chi connectivity index (χ0n) is 18.4. The number of rotatable bonds is 8. The largest absolute Gasteiger partial charge is 0.349 e. The molecule has 0 radical (unpaired) electrons. The lowest BCUT2D eigenvalue weighted by Gasteiger charge is -2.16. The lowest BCUT2D eigenvalue weighted by molar-refractivity contribution is -0.116. The van der Waals surface area contributed by atoms with Crippen LogP contribution in [0.5, 0.6) is 0 Å². The summed E-state index contributed by atoms with van der Waals surface area (Å²) in [5.41, 5.74) is 2.56. The molecule has 8 nitrogen and oxygen atoms in total. The second kappa shape index (κ2) is 9.12. The van der Waals surface area contributed by atoms with Crippen molar-refractivity contribution in [2.75, 3.05) is 23.3 Å². The van der Waals surface area contributed by atoms with E-state index >= 15 is 0 Å². The van der Waals surface area contributed by atoms with Crippen LogP contribution in [-0.4, -0.2) is 33.1 Å². The number of fused-ring (bicyclic) bond motifs is 2. The fourth-order valence-electron chi connectivity index (χ4n) is 4.12. The summed E-state index contributed by atoms with van der Waals surface area (Å²) in [7, 11) is 0. The molecule has 0 spiro atoms. The van der Waals surface area contributed by atoms with Crippen LogP contribution in [0.4, 0.5) is 10.8 Å². The molecular weight excluding hydrogens is 426 g/mol. The van der Waals surface area contributed by atoms with Crippen molar-refractivity contribution in [3.63, 3.8) is 0 Å². The van der Waals surface area contributed by atoms with Gasteiger partial charge in [-0.1, -0.05) is 23.5 Å². The first-order valence-electron chi connectivity index (χ1n) is 10.9. The number of anilines is 2. The molecule has 1 aliphatic rings. The minimum Gasteiger partial charge on any atom is -0.349 e. The van der Waals surface area contributed by atoms with Gasteiger partial charge >= 0.3 is 5.69 Å². The minimum atomic E-state index is -0.567. The van der Waals surface area contributed by atoms with E-state index in [9.17, 15) is 14.4 Å². The molecule has 0 aliphatic heterocycles. The lowest BCUT2D eigenvalue weighted by Crippen LogP contribution is -2.41. The van der Waals surface area contributed by atoms with Gasteiger partial charge in [0.15, 0.2) is 10.8 Å². The quantitative estimate of drug-likeness (QED) is 0.530. The highest BCUT2D eigenvalue weighted by Crippen LogP contribution is 2.26. The second-order valence-corrected chi connectivity index (χ2v) is 8.76. The van der Waals surface area contributed by atoms with Crippen molar-refractivity contribution in [1.82, 2.24) is 14.1 Å². The summed E-state index contributed by atoms with van der Waals surface area (Å²) in [6.07, 6.45) is 4.71. The third-order valence-electron chi connectivity index (χ3n) is 5.78. The van der Waals surface area contributed by atoms with Gasteiger partial charge in [-0.05, 0) is 56.4 Å². The first-order chi connectivity index (χ1) is 15.5. The fourth-order valence-corrected chi connectivity index (χ4v) is 5.27. The maximum Gasteiger partial charge on any atom is 0.333 e. The van der Waals surface area contributed by atoms with Crippen molar-refractivity contribution in [2.24, 2.45) is 0 Å². The van der Waals surface area contributed by atoms with Crippen molar-refractivity contribution in [3.8, 4) is 0 Å². The SMILES string of the molecule is C=CCn1c(=O)c2sc(N(CC)CC)nc2n(CC(=O)Nc2ccc3c(c2)CCC3)c1=O. The third-order valence-corrected chi connectivity index (χ3v) is 6.88. The maximum absolute atomic E-state index is 13.1. The molecule has 1 aliphatic carbocycles. The van der Waals surface area contributed by atoms with Gasteiger partial charge in [-0.2, -0.15) is 0 Å². The molecule has 2 heterocycles. The topological polar surface area (TPSA) is 89.2 Å². The summed E-state index contributed by atoms with van der Waals surface area (Å²) in [6, 6.07) is 5.93. The van der Waals surface area contributed by atoms with Gasteiger partial charge in [0.2, 0.25) is 5.91 Å². The predicted molar refractivity (Wildman–Crippen MR) is 129 cm³/mol. The molecule has 0 bridgehead atoms. The number of thiazole rings is 1. The van der Waals surface area contributed by atoms with E-state index in [-0.39, 0.29) is 24.6 Å². The lowest BCUT2D eigenvalue weighted by atomic mass is 10.1. The number of aryl methyl sites for hydroxylation is 2. The molecule has 3 aromatic rings. The molecule has 2 aromatic heterocycles. The molecule has 1 N–H and O–H groups in total. The minimum absolute atomic E-state index is 0.0680. The highest BCUT2D eigenvalue weighted by atomic mass is 32.1. The van der Waals surface area contributed by atoms with E-state index < -0.39 is 11.2 Å². The molecule has 9 heteroatoms. The van der Waals surface area contributed by atoms with E-state index in [0.717, 1.165) is 36.9 Å². The zero-order valence-corrected chi connectivity index (χ0v) is 19.2. The van der Waals surface area contributed by atoms with Crippen LogP contribution in [-0.2, 0) is 30.7 Å². The molecular formula is C23H27N5O3S. The summed E-state index contributed by atoms with van der Waals surface area (Å²) in [4.78, 5) is 45.5. The molecule has 4 rings (SSSR count). The summed E-state index contributed by atoms with van der Waals surface area (Å²) in [6.45, 7) is 8.93. The van der Waals surface area contributed by atoms with Gasteiger partial charge in [-0.15, -0.1) is 6.58 Å². The molecule has 168 valence electrons. The van der Waals surface area contributed by atoms with Crippen molar-refractivity contribution in [1.29, 1.82) is 0 Å². The monoisotopic (exact) mass is 453 g/mol. The van der Waals surface area contributed by atoms with Crippen molar-refractivity contribution in [3.05, 3.63) is 62.8 Å². The fraction of sp³-hybridized carbons (Fsp3) is 0.391. The number of allylic oxidation sites excluding steroid dienone is 1. The average molecular weight is 454 g/mol. The molecule has 1 amide bonds. The van der Waals surface area contributed by atoms with E-state index in [4.69, 9.17) is 0 Å². The van der Waals surface area contributed by atoms with Crippen LogP contribution >= 0.6 is 11.3 Å². The predicted octanol–water partition coefficient (Wildman–Crippen LogP) is 2.78. The number of benzene rings is 1. The molecule has 0 saturated carbocycles. The Labute approximate surface area is 189 Å². The summed E-state index contributed by atoms with van der Waals surface area (Å²) in [5, 5.41) is 3.55. The zero-order chi connectivity index (χ0) is 22.8. The third kappa shape index (κ3) is 4.00. The average Bonchev–Trinajstić information content (AvgIpc) is 3.42. The van der Waals surface area contributed by atoms with Gasteiger partial charge in [0.1, 0.15) is 11.2 Å². The van der Waals surface area contributed by atoms with E-state index in [1.807, 2.05) is 36.9 Å². The number of carbonyl (C=O) groups excluding carboxylic acids is 1. The highest BCUT2D eigenvalue weighted by Gasteiger charge is 2.21. The molecule has 0 saturated heterocycles. The number of amides is 1. The number of hydrogen-bond donors (Lipinski definition) is 1. The van der Waals surface area contributed by atoms with Gasteiger partial charge in [0.25, 0.3) is 5.56 Å². The Balaban J connectivity index is 1.72. The normalized spacial score (nSPS) is 12.7. The number of nitrogens with one attached hydrogen (secondary N) is 1. The molecule has 0 atom stereocenters. The van der Waals surface area contributed by atoms with Crippen LogP contribution in [0.3, 0.4) is 0 Å². The van der Waals surface area contributed by atoms with Crippen LogP contribution in [0.25, 0.3) is 10.3 Å². The van der Waals surface area contributed by atoms with Crippen molar-refractivity contribution < 1.29 is 4.79 Å². The van der Waals surface area contributed by atoms with E-state index in [2.05, 4.69) is 16.9 Å². The maximum atomic E-state index is 13.1. The summed E-state index contributed by atoms with van der Waals surface area (Å²) >= 11 is 1.24. The van der Waals surface area contributed by atoms with Crippen LogP contribution in [0, 0.1) is 0 Å². The van der Waals surface area contributed by atoms with E-state index in [1.54, 1.807) is 0 Å². The Kier molecular flexibility index (Phi) is 6.27. The molecule has 32 heavy (non-hydrogen) atoms. The number of hydrogen-bond acceptors (Lipinski definition) is 6. The van der Waals surface area contributed by atoms with Crippen LogP contribution < -0.4 is 21.5 Å². The smallest absolute Gasteiger partial charge is 0.333 e. The van der Waals surface area contributed by atoms with Crippen molar-refractivity contribution >= 4 is 38.4 Å². The van der Waals surface area contributed by atoms with Crippen LogP contribution in [0.2, 0.25) is 0 Å². The van der Waals surface area contributed by atoms with E-state index in [1.165, 1.54) is 33.1 Å². The number of aromatic nitrogens is 3. The van der Waals surface area contributed by atoms with Gasteiger partial charge in [-0.25, -0.2) is 9.78 Å². The molecule has 0 fully saturated rings. The summed E-state index contributed by atoms with van der Waals surface area (Å²) < 4.78 is 2.74. The van der Waals surface area contributed by atoms with Crippen LogP contribution in [0.15, 0.2) is 40.4 Å². The number of carbonyl (C=O) groups is 1. The Morgan fingerprint density at radius 1 is 1.22 bits per heavy atom. The first kappa shape index (κ1) is 22.0. The van der Waals surface area contributed by atoms with Gasteiger partial charge in [-0.3, -0.25) is 18.7 Å². The number of nitrogens with zero attached hydrogens (tertiary/aromatic N) is 4. The Morgan fingerprint density at radius 3 is 2.69 bits per heavy atom. The van der Waals surface area contributed by atoms with Gasteiger partial charge < -0.3 is 10.2 Å². The Hall–Kier alpha value is -3.20. The van der Waals surface area contributed by atoms with Crippen molar-refractivity contribution in [2.45, 2.75) is 46.2 Å². The Morgan fingerprint density at radius 2 is 1.97 bits per heavy atom. The van der Waals surface area contributed by atoms with Crippen LogP contribution in [0.1, 0.15) is 31.4 Å². The standard InChI is InChI=1S/C23H27N5O3S/c1-4-12-27-21(30)19-20(25-22(32-19)26(5-2)6-3)28(23(27)31)14-18(29)24-17-11-10-15-8-7-9-16(15)13-17/h4,10-11,13H,1,5-9,12,14H2,2-3H3,(H,24,29). The van der Waals surface area contributed by atoms with Gasteiger partial charge in [0, 0.05) is 25.3 Å². The Bertz CT molecular complexity index is 1300. The first-order valence-corrected chi connectivity index (χ1v) is 11.7. The molecule has 0 unspecified atom stereocenters. The van der Waals surface area contributed by atoms with E-state index in [0.29, 0.717) is 15.5 Å². The highest BCUT2D eigenvalue weighted by molar-refractivity contribution is 7.22. The second-order valence-electron chi connectivity index (χ2n) is 7.78. The molecule has 1 aromatic carbocycles. The van der Waals surface area contributed by atoms with Gasteiger partial charge in [0.05, 0.1) is 0 Å². The summed E-state index contributed by atoms with van der Waals surface area (Å²) in [5.74, 6) is -0.340.